The second kappa shape index (κ2) is 6.45. The van der Waals surface area contributed by atoms with Crippen molar-refractivity contribution in [3.8, 4) is 5.95 Å². The number of amides is 1. The molecule has 1 fully saturated rings. The summed E-state index contributed by atoms with van der Waals surface area (Å²) in [5, 5.41) is 20.7. The fourth-order valence-electron chi connectivity index (χ4n) is 3.24. The number of nitrogens with one attached hydrogen (secondary N) is 2. The molecule has 10 nitrogen and oxygen atoms in total. The first-order chi connectivity index (χ1) is 13.0. The Morgan fingerprint density at radius 2 is 2.11 bits per heavy atom. The molecule has 0 bridgehead atoms. The minimum Gasteiger partial charge on any atom is -0.427 e. The summed E-state index contributed by atoms with van der Waals surface area (Å²) in [6.07, 6.45) is 3.17. The smallest absolute Gasteiger partial charge is 0.349 e. The highest BCUT2D eigenvalue weighted by Gasteiger charge is 2.26. The number of tetrazole rings is 1. The Hall–Kier alpha value is -3.30. The van der Waals surface area contributed by atoms with Crippen LogP contribution in [0, 0.1) is 20.8 Å². The van der Waals surface area contributed by atoms with E-state index in [0.29, 0.717) is 28.4 Å². The van der Waals surface area contributed by atoms with Gasteiger partial charge in [-0.1, -0.05) is 11.5 Å². The topological polar surface area (TPSA) is 132 Å². The molecule has 3 aromatic rings. The lowest BCUT2D eigenvalue weighted by atomic mass is 9.83. The highest BCUT2D eigenvalue weighted by Crippen LogP contribution is 2.36. The van der Waals surface area contributed by atoms with Crippen LogP contribution in [0.3, 0.4) is 0 Å². The Kier molecular flexibility index (Phi) is 4.09. The quantitative estimate of drug-likeness (QED) is 0.716. The third kappa shape index (κ3) is 2.92. The highest BCUT2D eigenvalue weighted by molar-refractivity contribution is 6.05. The highest BCUT2D eigenvalue weighted by atomic mass is 16.4. The molecule has 3 aromatic heterocycles. The van der Waals surface area contributed by atoms with E-state index in [4.69, 9.17) is 4.42 Å². The summed E-state index contributed by atoms with van der Waals surface area (Å²) in [6, 6.07) is 1.79. The number of aromatic amines is 1. The molecule has 1 saturated carbocycles. The number of anilines is 1. The molecule has 0 unspecified atom stereocenters. The van der Waals surface area contributed by atoms with Gasteiger partial charge in [0.25, 0.3) is 11.9 Å². The standard InChI is InChI=1S/C17H19N7O3/c1-8-7-12(11-5-4-6-11)27-16(26)13(8)15(25)18-14-9(2)21-24(10(14)3)17-19-22-23-20-17/h7,11H,4-6H2,1-3H3,(H,18,25)(H,19,20,22,23). The van der Waals surface area contributed by atoms with Gasteiger partial charge in [-0.25, -0.2) is 4.79 Å². The first-order valence-corrected chi connectivity index (χ1v) is 8.71. The Balaban J connectivity index is 1.64. The number of hydrogen-bond donors (Lipinski definition) is 2. The van der Waals surface area contributed by atoms with E-state index in [-0.39, 0.29) is 17.4 Å². The molecule has 1 aliphatic carbocycles. The summed E-state index contributed by atoms with van der Waals surface area (Å²) in [5.41, 5.74) is 1.67. The maximum Gasteiger partial charge on any atom is 0.349 e. The summed E-state index contributed by atoms with van der Waals surface area (Å²) in [7, 11) is 0. The van der Waals surface area contributed by atoms with Gasteiger partial charge in [-0.05, 0) is 50.5 Å². The largest absolute Gasteiger partial charge is 0.427 e. The van der Waals surface area contributed by atoms with E-state index in [1.165, 1.54) is 4.68 Å². The zero-order valence-electron chi connectivity index (χ0n) is 15.2. The number of H-pyrrole nitrogens is 1. The minimum absolute atomic E-state index is 0.00387. The Morgan fingerprint density at radius 1 is 1.33 bits per heavy atom. The summed E-state index contributed by atoms with van der Waals surface area (Å²) in [5.74, 6) is 0.681. The van der Waals surface area contributed by atoms with Crippen molar-refractivity contribution in [3.63, 3.8) is 0 Å². The number of rotatable bonds is 4. The monoisotopic (exact) mass is 369 g/mol. The zero-order valence-corrected chi connectivity index (χ0v) is 15.2. The fraction of sp³-hybridized carbons (Fsp3) is 0.412. The lowest BCUT2D eigenvalue weighted by molar-refractivity contribution is 0.102. The van der Waals surface area contributed by atoms with Gasteiger partial charge in [0.1, 0.15) is 11.3 Å². The van der Waals surface area contributed by atoms with Gasteiger partial charge in [0.2, 0.25) is 0 Å². The zero-order chi connectivity index (χ0) is 19.1. The second-order valence-corrected chi connectivity index (χ2v) is 6.75. The summed E-state index contributed by atoms with van der Waals surface area (Å²) >= 11 is 0. The van der Waals surface area contributed by atoms with Crippen LogP contribution in [0.4, 0.5) is 5.69 Å². The molecule has 3 heterocycles. The number of carbonyl (C=O) groups is 1. The minimum atomic E-state index is -0.615. The maximum absolute atomic E-state index is 12.8. The van der Waals surface area contributed by atoms with Gasteiger partial charge < -0.3 is 9.73 Å². The van der Waals surface area contributed by atoms with Crippen LogP contribution in [0.25, 0.3) is 5.95 Å². The molecule has 140 valence electrons. The average molecular weight is 369 g/mol. The van der Waals surface area contributed by atoms with Crippen LogP contribution >= 0.6 is 0 Å². The summed E-state index contributed by atoms with van der Waals surface area (Å²) in [4.78, 5) is 25.2. The molecule has 1 amide bonds. The predicted molar refractivity (Wildman–Crippen MR) is 95.0 cm³/mol. The third-order valence-electron chi connectivity index (χ3n) is 4.96. The normalized spacial score (nSPS) is 14.2. The maximum atomic E-state index is 12.8. The van der Waals surface area contributed by atoms with Crippen molar-refractivity contribution in [3.05, 3.63) is 44.8 Å². The van der Waals surface area contributed by atoms with Gasteiger partial charge in [0.15, 0.2) is 0 Å². The SMILES string of the molecule is Cc1cc(C2CCC2)oc(=O)c1C(=O)Nc1c(C)nn(-c2nn[nH]n2)c1C. The van der Waals surface area contributed by atoms with Crippen LogP contribution in [0.15, 0.2) is 15.3 Å². The van der Waals surface area contributed by atoms with Crippen molar-refractivity contribution in [2.75, 3.05) is 5.32 Å². The summed E-state index contributed by atoms with van der Waals surface area (Å²) < 4.78 is 6.87. The Bertz CT molecular complexity index is 1060. The number of hydrogen-bond acceptors (Lipinski definition) is 7. The second-order valence-electron chi connectivity index (χ2n) is 6.75. The number of carbonyl (C=O) groups excluding carboxylic acids is 1. The Labute approximate surface area is 154 Å². The number of aryl methyl sites for hydroxylation is 2. The fourth-order valence-corrected chi connectivity index (χ4v) is 3.24. The molecule has 0 radical (unpaired) electrons. The van der Waals surface area contributed by atoms with E-state index in [9.17, 15) is 9.59 Å². The van der Waals surface area contributed by atoms with Crippen LogP contribution in [0.5, 0.6) is 0 Å². The molecular formula is C17H19N7O3. The van der Waals surface area contributed by atoms with Crippen LogP contribution in [-0.4, -0.2) is 36.3 Å². The molecule has 1 aliphatic rings. The number of aromatic nitrogens is 6. The van der Waals surface area contributed by atoms with Gasteiger partial charge in [0, 0.05) is 5.92 Å². The summed E-state index contributed by atoms with van der Waals surface area (Å²) in [6.45, 7) is 5.26. The van der Waals surface area contributed by atoms with Crippen molar-refractivity contribution in [2.24, 2.45) is 0 Å². The van der Waals surface area contributed by atoms with Gasteiger partial charge in [-0.2, -0.15) is 15.0 Å². The average Bonchev–Trinajstić information content (AvgIpc) is 3.16. The number of nitrogens with zero attached hydrogens (tertiary/aromatic N) is 5. The van der Waals surface area contributed by atoms with Crippen molar-refractivity contribution < 1.29 is 9.21 Å². The third-order valence-corrected chi connectivity index (χ3v) is 4.96. The van der Waals surface area contributed by atoms with Crippen molar-refractivity contribution in [1.29, 1.82) is 0 Å². The molecule has 0 aromatic carbocycles. The van der Waals surface area contributed by atoms with Gasteiger partial charge >= 0.3 is 5.63 Å². The first kappa shape index (κ1) is 17.1. The van der Waals surface area contributed by atoms with Crippen LogP contribution in [0.1, 0.15) is 58.2 Å². The van der Waals surface area contributed by atoms with Gasteiger partial charge in [-0.15, -0.1) is 5.10 Å². The molecule has 27 heavy (non-hydrogen) atoms. The van der Waals surface area contributed by atoms with Crippen molar-refractivity contribution >= 4 is 11.6 Å². The predicted octanol–water partition coefficient (Wildman–Crippen LogP) is 1.78. The van der Waals surface area contributed by atoms with Gasteiger partial charge in [0.05, 0.1) is 17.1 Å². The molecule has 0 aliphatic heterocycles. The van der Waals surface area contributed by atoms with E-state index in [1.807, 2.05) is 0 Å². The van der Waals surface area contributed by atoms with Gasteiger partial charge in [-0.3, -0.25) is 4.79 Å². The van der Waals surface area contributed by atoms with Crippen LogP contribution in [0.2, 0.25) is 0 Å². The van der Waals surface area contributed by atoms with E-state index < -0.39 is 11.5 Å². The molecule has 0 spiro atoms. The van der Waals surface area contributed by atoms with E-state index in [2.05, 4.69) is 31.0 Å². The van der Waals surface area contributed by atoms with Crippen LogP contribution in [-0.2, 0) is 0 Å². The molecular weight excluding hydrogens is 350 g/mol. The lowest BCUT2D eigenvalue weighted by Crippen LogP contribution is -2.24. The first-order valence-electron chi connectivity index (χ1n) is 8.71. The van der Waals surface area contributed by atoms with Crippen LogP contribution < -0.4 is 10.9 Å². The van der Waals surface area contributed by atoms with E-state index in [1.54, 1.807) is 26.8 Å². The molecule has 10 heteroatoms. The molecule has 4 rings (SSSR count). The molecule has 0 atom stereocenters. The van der Waals surface area contributed by atoms with E-state index in [0.717, 1.165) is 19.3 Å². The van der Waals surface area contributed by atoms with Crippen molar-refractivity contribution in [1.82, 2.24) is 30.4 Å². The van der Waals surface area contributed by atoms with Crippen molar-refractivity contribution in [2.45, 2.75) is 46.0 Å². The van der Waals surface area contributed by atoms with E-state index >= 15 is 0 Å². The Morgan fingerprint density at radius 3 is 2.70 bits per heavy atom. The lowest BCUT2D eigenvalue weighted by Gasteiger charge is -2.24. The molecule has 0 saturated heterocycles. The molecule has 2 N–H and O–H groups in total.